The van der Waals surface area contributed by atoms with Gasteiger partial charge in [-0.05, 0) is 189 Å². The smallest absolute Gasteiger partial charge is 0.149 e. The highest BCUT2D eigenvalue weighted by Crippen LogP contribution is 2.52. The summed E-state index contributed by atoms with van der Waals surface area (Å²) in [7, 11) is 0. The molecule has 0 aliphatic heterocycles. The van der Waals surface area contributed by atoms with E-state index in [0.717, 1.165) is 48.0 Å². The fraction of sp³-hybridized carbons (Fsp3) is 0.143. The fourth-order valence-corrected chi connectivity index (χ4v) is 12.8. The van der Waals surface area contributed by atoms with Crippen LogP contribution in [0.2, 0.25) is 0 Å². The summed E-state index contributed by atoms with van der Waals surface area (Å²) in [6, 6.07) is 82.1. The average molecular weight is 959 g/mol. The van der Waals surface area contributed by atoms with Gasteiger partial charge < -0.3 is 9.47 Å². The highest BCUT2D eigenvalue weighted by Gasteiger charge is 2.44. The Hall–Kier alpha value is -8.21. The maximum absolute atomic E-state index is 5.98. The van der Waals surface area contributed by atoms with Gasteiger partial charge in [0.15, 0.2) is 0 Å². The van der Waals surface area contributed by atoms with Crippen molar-refractivity contribution in [2.24, 2.45) is 0 Å². The normalized spacial score (nSPS) is 13.8. The van der Waals surface area contributed by atoms with Gasteiger partial charge >= 0.3 is 0 Å². The molecule has 2 nitrogen and oxygen atoms in total. The lowest BCUT2D eigenvalue weighted by Crippen LogP contribution is -2.32. The van der Waals surface area contributed by atoms with Crippen molar-refractivity contribution >= 4 is 33.3 Å². The first-order chi connectivity index (χ1) is 36.1. The molecule has 0 amide bonds. The molecule has 0 spiro atoms. The van der Waals surface area contributed by atoms with Gasteiger partial charge in [0.2, 0.25) is 0 Å². The lowest BCUT2D eigenvalue weighted by molar-refractivity contribution is 0.370. The maximum Gasteiger partial charge on any atom is 0.149 e. The third kappa shape index (κ3) is 8.25. The van der Waals surface area contributed by atoms with Crippen LogP contribution in [0.15, 0.2) is 228 Å². The van der Waals surface area contributed by atoms with E-state index in [1.165, 1.54) is 87.3 Å². The van der Waals surface area contributed by atoms with E-state index in [2.05, 4.69) is 242 Å². The second-order valence-corrected chi connectivity index (χ2v) is 20.3. The van der Waals surface area contributed by atoms with Crippen LogP contribution in [-0.4, -0.2) is 13.2 Å². The molecule has 0 fully saturated rings. The molecule has 0 aromatic heterocycles. The third-order valence-corrected chi connectivity index (χ3v) is 16.3. The summed E-state index contributed by atoms with van der Waals surface area (Å²) in [4.78, 5) is 2.39. The quantitative estimate of drug-likeness (QED) is 0.127. The molecule has 352 valence electrons. The van der Waals surface area contributed by atoms with Crippen molar-refractivity contribution in [1.29, 1.82) is 0 Å². The molecule has 0 bridgehead atoms. The summed E-state index contributed by atoms with van der Waals surface area (Å²) >= 11 is 1.82. The molecular weight excluding hydrogens is 905 g/mol. The summed E-state index contributed by atoms with van der Waals surface area (Å²) in [5, 5.41) is 4.64. The molecule has 10 aromatic carbocycles. The zero-order valence-electron chi connectivity index (χ0n) is 41.3. The van der Waals surface area contributed by atoms with Crippen molar-refractivity contribution in [2.75, 3.05) is 13.2 Å². The van der Waals surface area contributed by atoms with E-state index >= 15 is 0 Å². The Morgan fingerprint density at radius 1 is 0.356 bits per heavy atom. The number of rotatable bonds is 10. The van der Waals surface area contributed by atoms with Gasteiger partial charge in [0.1, 0.15) is 24.7 Å². The van der Waals surface area contributed by atoms with E-state index in [1.807, 2.05) is 25.6 Å². The maximum atomic E-state index is 5.98. The van der Waals surface area contributed by atoms with Gasteiger partial charge in [-0.3, -0.25) is 0 Å². The Morgan fingerprint density at radius 3 is 1.03 bits per heavy atom. The summed E-state index contributed by atoms with van der Waals surface area (Å²) in [5.41, 5.74) is 14.8. The van der Waals surface area contributed by atoms with Gasteiger partial charge in [0.05, 0.1) is 10.8 Å². The van der Waals surface area contributed by atoms with Gasteiger partial charge in [-0.25, -0.2) is 0 Å². The van der Waals surface area contributed by atoms with E-state index in [9.17, 15) is 0 Å². The van der Waals surface area contributed by atoms with Crippen LogP contribution in [0.25, 0.3) is 21.5 Å². The molecule has 2 aliphatic carbocycles. The van der Waals surface area contributed by atoms with Crippen LogP contribution < -0.4 is 9.47 Å². The van der Waals surface area contributed by atoms with E-state index in [0.29, 0.717) is 13.2 Å². The van der Waals surface area contributed by atoms with Crippen molar-refractivity contribution in [3.05, 3.63) is 285 Å². The molecule has 0 atom stereocenters. The van der Waals surface area contributed by atoms with Crippen LogP contribution in [0.1, 0.15) is 80.6 Å². The topological polar surface area (TPSA) is 18.5 Å². The summed E-state index contributed by atoms with van der Waals surface area (Å²) < 4.78 is 12.0. The molecule has 0 heterocycles. The molecule has 0 radical (unpaired) electrons. The van der Waals surface area contributed by atoms with Gasteiger partial charge in [-0.1, -0.05) is 181 Å². The molecule has 10 aromatic rings. The molecule has 0 N–H and O–H groups in total. The van der Waals surface area contributed by atoms with Gasteiger partial charge in [0.25, 0.3) is 0 Å². The average Bonchev–Trinajstić information content (AvgIpc) is 3.69. The van der Waals surface area contributed by atoms with Crippen LogP contribution in [0.4, 0.5) is 0 Å². The molecule has 0 unspecified atom stereocenters. The first-order valence-corrected chi connectivity index (χ1v) is 26.2. The Morgan fingerprint density at radius 2 is 0.671 bits per heavy atom. The standard InChI is InChI=1S/C70H54O2S/c1-3-5-43-71-61-37-29-53-45-59(31-27-55(53)47-61)69(65-19-11-7-15-49(65)23-24-50-16-8-12-20-66(50)69)57-33-39-63(40-34-57)73-64-41-35-58(36-42-64)70(60-32-28-56-48-62(72-44-6-4-2)38-30-54(56)46-60)67-21-13-9-17-51(67)25-26-52-18-10-14-22-68(52)70/h7-22,27-42,45-48H,23-26,43-44H2,1-2H3. The SMILES string of the molecule is CC#CCOc1ccc2cc(C3(c4ccc(Sc5ccc(C6(c7ccc8cc(OCC#CC)ccc8c7)c7ccccc7CCc7ccccc76)cc5)cc4)c4ccccc4CCc4ccccc43)ccc2c1. The predicted molar refractivity (Wildman–Crippen MR) is 301 cm³/mol. The molecule has 73 heavy (non-hydrogen) atoms. The zero-order valence-corrected chi connectivity index (χ0v) is 42.1. The third-order valence-electron chi connectivity index (χ3n) is 15.3. The number of hydrogen-bond acceptors (Lipinski definition) is 3. The fourth-order valence-electron chi connectivity index (χ4n) is 12.0. The number of benzene rings is 10. The minimum atomic E-state index is -0.545. The molecule has 2 aliphatic rings. The van der Waals surface area contributed by atoms with Crippen molar-refractivity contribution in [2.45, 2.75) is 60.2 Å². The van der Waals surface area contributed by atoms with E-state index < -0.39 is 10.8 Å². The predicted octanol–water partition coefficient (Wildman–Crippen LogP) is 15.9. The molecule has 12 rings (SSSR count). The van der Waals surface area contributed by atoms with Crippen molar-refractivity contribution in [3.63, 3.8) is 0 Å². The number of ether oxygens (including phenoxy) is 2. The van der Waals surface area contributed by atoms with Crippen LogP contribution >= 0.6 is 11.8 Å². The van der Waals surface area contributed by atoms with Gasteiger partial charge in [0, 0.05) is 9.79 Å². The van der Waals surface area contributed by atoms with Crippen molar-refractivity contribution in [3.8, 4) is 35.2 Å². The van der Waals surface area contributed by atoms with Gasteiger partial charge in [-0.15, -0.1) is 11.8 Å². The molecular formula is C70H54O2S. The lowest BCUT2D eigenvalue weighted by atomic mass is 9.63. The Kier molecular flexibility index (Phi) is 12.4. The number of aryl methyl sites for hydroxylation is 4. The second kappa shape index (κ2) is 19.8. The number of fused-ring (bicyclic) bond motifs is 6. The summed E-state index contributed by atoms with van der Waals surface area (Å²) in [6.07, 6.45) is 3.94. The number of hydrogen-bond donors (Lipinski definition) is 0. The Bertz CT molecular complexity index is 3480. The van der Waals surface area contributed by atoms with Crippen molar-refractivity contribution < 1.29 is 9.47 Å². The monoisotopic (exact) mass is 958 g/mol. The minimum absolute atomic E-state index is 0.377. The minimum Gasteiger partial charge on any atom is -0.481 e. The highest BCUT2D eigenvalue weighted by atomic mass is 32.2. The van der Waals surface area contributed by atoms with Crippen LogP contribution in [0.5, 0.6) is 11.5 Å². The van der Waals surface area contributed by atoms with Crippen LogP contribution in [0.3, 0.4) is 0 Å². The summed E-state index contributed by atoms with van der Waals surface area (Å²) in [6.45, 7) is 4.43. The largest absolute Gasteiger partial charge is 0.481 e. The lowest BCUT2D eigenvalue weighted by Gasteiger charge is -2.38. The van der Waals surface area contributed by atoms with E-state index in [4.69, 9.17) is 9.47 Å². The van der Waals surface area contributed by atoms with Crippen LogP contribution in [0, 0.1) is 23.7 Å². The Balaban J connectivity index is 0.943. The van der Waals surface area contributed by atoms with E-state index in [1.54, 1.807) is 0 Å². The highest BCUT2D eigenvalue weighted by molar-refractivity contribution is 7.99. The second-order valence-electron chi connectivity index (χ2n) is 19.2. The first kappa shape index (κ1) is 45.9. The van der Waals surface area contributed by atoms with Gasteiger partial charge in [-0.2, -0.15) is 0 Å². The molecule has 0 saturated heterocycles. The first-order valence-electron chi connectivity index (χ1n) is 25.4. The van der Waals surface area contributed by atoms with E-state index in [-0.39, 0.29) is 0 Å². The summed E-state index contributed by atoms with van der Waals surface area (Å²) in [5.74, 6) is 13.6. The van der Waals surface area contributed by atoms with Crippen LogP contribution in [-0.2, 0) is 36.5 Å². The molecule has 3 heteroatoms. The Labute approximate surface area is 434 Å². The molecule has 0 saturated carbocycles. The van der Waals surface area contributed by atoms with Crippen molar-refractivity contribution in [1.82, 2.24) is 0 Å². The zero-order chi connectivity index (χ0) is 49.2.